The van der Waals surface area contributed by atoms with Gasteiger partial charge in [-0.3, -0.25) is 4.79 Å². The molecule has 36 heavy (non-hydrogen) atoms. The number of rotatable bonds is 10. The molecule has 2 heterocycles. The molecule has 6 nitrogen and oxygen atoms in total. The predicted molar refractivity (Wildman–Crippen MR) is 140 cm³/mol. The standard InChI is InChI=1S/C27H29FN2O4S2/c1-34-17-5-15-29(36(32,33)19-14-21-6-3-2-4-7-21)20-26(31)30-16-12-25-24(13-18-35-25)27(30)22-8-10-23(28)11-9-22/h2-4,6-11,13-14,18-19,27H,5,12,15-17,20H2,1H3. The monoisotopic (exact) mass is 528 g/mol. The summed E-state index contributed by atoms with van der Waals surface area (Å²) in [4.78, 5) is 16.5. The van der Waals surface area contributed by atoms with E-state index in [1.165, 1.54) is 27.4 Å². The first-order valence-electron chi connectivity index (χ1n) is 11.7. The summed E-state index contributed by atoms with van der Waals surface area (Å²) in [5.41, 5.74) is 2.55. The van der Waals surface area contributed by atoms with Crippen molar-refractivity contribution >= 4 is 33.3 Å². The van der Waals surface area contributed by atoms with Gasteiger partial charge in [0.05, 0.1) is 12.6 Å². The van der Waals surface area contributed by atoms with Crippen LogP contribution >= 0.6 is 11.3 Å². The first-order chi connectivity index (χ1) is 17.4. The number of amides is 1. The third-order valence-electron chi connectivity index (χ3n) is 6.13. The highest BCUT2D eigenvalue weighted by atomic mass is 32.2. The van der Waals surface area contributed by atoms with Crippen LogP contribution in [0.3, 0.4) is 0 Å². The van der Waals surface area contributed by atoms with Gasteiger partial charge < -0.3 is 9.64 Å². The van der Waals surface area contributed by atoms with Crippen LogP contribution in [0.15, 0.2) is 71.5 Å². The van der Waals surface area contributed by atoms with Crippen molar-refractivity contribution in [2.75, 3.05) is 33.4 Å². The number of hydrogen-bond donors (Lipinski definition) is 0. The first-order valence-corrected chi connectivity index (χ1v) is 14.1. The van der Waals surface area contributed by atoms with Crippen molar-refractivity contribution in [1.82, 2.24) is 9.21 Å². The lowest BCUT2D eigenvalue weighted by Gasteiger charge is -2.37. The minimum absolute atomic E-state index is 0.153. The fourth-order valence-corrected chi connectivity index (χ4v) is 6.41. The second-order valence-electron chi connectivity index (χ2n) is 8.53. The van der Waals surface area contributed by atoms with Crippen molar-refractivity contribution in [3.05, 3.63) is 98.8 Å². The maximum atomic E-state index is 13.6. The Labute approximate surface area is 215 Å². The van der Waals surface area contributed by atoms with E-state index >= 15 is 0 Å². The molecule has 2 aromatic carbocycles. The van der Waals surface area contributed by atoms with Gasteiger partial charge in [0.15, 0.2) is 0 Å². The molecule has 0 saturated heterocycles. The van der Waals surface area contributed by atoms with Crippen LogP contribution in [0.2, 0.25) is 0 Å². The second-order valence-corrected chi connectivity index (χ2v) is 11.3. The van der Waals surface area contributed by atoms with Gasteiger partial charge in [0.25, 0.3) is 0 Å². The van der Waals surface area contributed by atoms with Gasteiger partial charge in [0.2, 0.25) is 15.9 Å². The number of hydrogen-bond acceptors (Lipinski definition) is 5. The molecule has 1 atom stereocenters. The van der Waals surface area contributed by atoms with E-state index in [0.29, 0.717) is 26.0 Å². The van der Waals surface area contributed by atoms with Crippen LogP contribution in [0.25, 0.3) is 6.08 Å². The van der Waals surface area contributed by atoms with Crippen LogP contribution in [-0.4, -0.2) is 56.9 Å². The number of ether oxygens (including phenoxy) is 1. The van der Waals surface area contributed by atoms with E-state index in [4.69, 9.17) is 4.74 Å². The third kappa shape index (κ3) is 6.28. The molecular weight excluding hydrogens is 499 g/mol. The minimum Gasteiger partial charge on any atom is -0.385 e. The molecule has 0 bridgehead atoms. The smallest absolute Gasteiger partial charge is 0.238 e. The Hall–Kier alpha value is -2.85. The average molecular weight is 529 g/mol. The van der Waals surface area contributed by atoms with Crippen molar-refractivity contribution in [2.45, 2.75) is 18.9 Å². The van der Waals surface area contributed by atoms with E-state index in [1.54, 1.807) is 35.5 Å². The molecular formula is C27H29FN2O4S2. The van der Waals surface area contributed by atoms with Crippen molar-refractivity contribution in [3.63, 3.8) is 0 Å². The van der Waals surface area contributed by atoms with Gasteiger partial charge in [0.1, 0.15) is 5.82 Å². The molecule has 0 radical (unpaired) electrons. The topological polar surface area (TPSA) is 66.9 Å². The number of halogens is 1. The summed E-state index contributed by atoms with van der Waals surface area (Å²) >= 11 is 1.64. The number of nitrogens with zero attached hydrogens (tertiary/aromatic N) is 2. The average Bonchev–Trinajstić information content (AvgIpc) is 3.37. The molecule has 4 rings (SSSR count). The molecule has 9 heteroatoms. The molecule has 1 unspecified atom stereocenters. The highest BCUT2D eigenvalue weighted by Crippen LogP contribution is 2.38. The Balaban J connectivity index is 1.59. The van der Waals surface area contributed by atoms with E-state index in [-0.39, 0.29) is 24.8 Å². The molecule has 0 aliphatic carbocycles. The summed E-state index contributed by atoms with van der Waals surface area (Å²) in [6.45, 7) is 0.700. The second kappa shape index (κ2) is 11.9. The van der Waals surface area contributed by atoms with Gasteiger partial charge in [0, 0.05) is 37.1 Å². The number of methoxy groups -OCH3 is 1. The molecule has 1 amide bonds. The molecule has 0 N–H and O–H groups in total. The number of fused-ring (bicyclic) bond motifs is 1. The van der Waals surface area contributed by atoms with Crippen LogP contribution in [0.1, 0.15) is 34.0 Å². The quantitative estimate of drug-likeness (QED) is 0.358. The SMILES string of the molecule is COCCCN(CC(=O)N1CCc2sccc2C1c1ccc(F)cc1)S(=O)(=O)C=Cc1ccccc1. The summed E-state index contributed by atoms with van der Waals surface area (Å²) in [6, 6.07) is 16.9. The maximum Gasteiger partial charge on any atom is 0.238 e. The van der Waals surface area contributed by atoms with Gasteiger partial charge in [-0.05, 0) is 59.2 Å². The molecule has 3 aromatic rings. The normalized spacial score (nSPS) is 16.0. The van der Waals surface area contributed by atoms with E-state index in [2.05, 4.69) is 0 Å². The fraction of sp³-hybridized carbons (Fsp3) is 0.296. The van der Waals surface area contributed by atoms with Gasteiger partial charge >= 0.3 is 0 Å². The molecule has 0 fully saturated rings. The maximum absolute atomic E-state index is 13.6. The Bertz CT molecular complexity index is 1290. The van der Waals surface area contributed by atoms with Gasteiger partial charge in [-0.25, -0.2) is 12.8 Å². The largest absolute Gasteiger partial charge is 0.385 e. The highest BCUT2D eigenvalue weighted by Gasteiger charge is 2.34. The molecule has 1 aliphatic heterocycles. The van der Waals surface area contributed by atoms with Crippen LogP contribution in [0.5, 0.6) is 0 Å². The summed E-state index contributed by atoms with van der Waals surface area (Å²) in [5.74, 6) is -0.645. The number of thiophene rings is 1. The highest BCUT2D eigenvalue weighted by molar-refractivity contribution is 7.92. The first kappa shape index (κ1) is 26.2. The lowest BCUT2D eigenvalue weighted by Crippen LogP contribution is -2.46. The lowest BCUT2D eigenvalue weighted by molar-refractivity contribution is -0.133. The zero-order valence-corrected chi connectivity index (χ0v) is 21.7. The zero-order chi connectivity index (χ0) is 25.5. The third-order valence-corrected chi connectivity index (χ3v) is 8.64. The van der Waals surface area contributed by atoms with Crippen molar-refractivity contribution < 1.29 is 22.3 Å². The number of carbonyl (C=O) groups excluding carboxylic acids is 1. The summed E-state index contributed by atoms with van der Waals surface area (Å²) in [6.07, 6.45) is 2.68. The van der Waals surface area contributed by atoms with Crippen LogP contribution in [-0.2, 0) is 26.0 Å². The van der Waals surface area contributed by atoms with E-state index < -0.39 is 16.1 Å². The van der Waals surface area contributed by atoms with E-state index in [9.17, 15) is 17.6 Å². The molecule has 190 valence electrons. The Morgan fingerprint density at radius 2 is 1.92 bits per heavy atom. The van der Waals surface area contributed by atoms with Gasteiger partial charge in [-0.1, -0.05) is 42.5 Å². The Morgan fingerprint density at radius 3 is 2.64 bits per heavy atom. The Morgan fingerprint density at radius 1 is 1.17 bits per heavy atom. The zero-order valence-electron chi connectivity index (χ0n) is 20.0. The summed E-state index contributed by atoms with van der Waals surface area (Å²) < 4.78 is 46.4. The molecule has 0 spiro atoms. The van der Waals surface area contributed by atoms with Gasteiger partial charge in [-0.15, -0.1) is 11.3 Å². The molecule has 1 aromatic heterocycles. The molecule has 1 aliphatic rings. The van der Waals surface area contributed by atoms with Crippen molar-refractivity contribution in [1.29, 1.82) is 0 Å². The number of benzene rings is 2. The van der Waals surface area contributed by atoms with Gasteiger partial charge in [-0.2, -0.15) is 4.31 Å². The minimum atomic E-state index is -3.87. The van der Waals surface area contributed by atoms with Crippen molar-refractivity contribution in [2.24, 2.45) is 0 Å². The van der Waals surface area contributed by atoms with E-state index in [1.807, 2.05) is 41.8 Å². The summed E-state index contributed by atoms with van der Waals surface area (Å²) in [7, 11) is -2.32. The van der Waals surface area contributed by atoms with E-state index in [0.717, 1.165) is 22.1 Å². The Kier molecular flexibility index (Phi) is 8.68. The molecule has 0 saturated carbocycles. The number of sulfonamides is 1. The number of carbonyl (C=O) groups is 1. The van der Waals surface area contributed by atoms with Crippen LogP contribution in [0.4, 0.5) is 4.39 Å². The summed E-state index contributed by atoms with van der Waals surface area (Å²) in [5, 5.41) is 3.14. The van der Waals surface area contributed by atoms with Crippen LogP contribution in [0, 0.1) is 5.82 Å². The predicted octanol–water partition coefficient (Wildman–Crippen LogP) is 4.70. The van der Waals surface area contributed by atoms with Crippen molar-refractivity contribution in [3.8, 4) is 0 Å². The lowest BCUT2D eigenvalue weighted by atomic mass is 9.93. The fourth-order valence-electron chi connectivity index (χ4n) is 4.33. The van der Waals surface area contributed by atoms with Crippen LogP contribution < -0.4 is 0 Å².